The Hall–Kier alpha value is -0.800. The lowest BCUT2D eigenvalue weighted by Gasteiger charge is -2.24. The molecule has 0 aromatic heterocycles. The van der Waals surface area contributed by atoms with E-state index in [4.69, 9.17) is 0 Å². The lowest BCUT2D eigenvalue weighted by molar-refractivity contribution is -0.147. The van der Waals surface area contributed by atoms with Gasteiger partial charge in [-0.15, -0.1) is 0 Å². The third kappa shape index (κ3) is 3.64. The highest BCUT2D eigenvalue weighted by molar-refractivity contribution is 9.09. The van der Waals surface area contributed by atoms with E-state index < -0.39 is 41.3 Å². The predicted molar refractivity (Wildman–Crippen MR) is 61.2 cm³/mol. The third-order valence-electron chi connectivity index (χ3n) is 2.54. The van der Waals surface area contributed by atoms with E-state index in [2.05, 4.69) is 15.9 Å². The highest BCUT2D eigenvalue weighted by Crippen LogP contribution is 2.42. The molecule has 1 aromatic rings. The van der Waals surface area contributed by atoms with Crippen LogP contribution in [0.4, 0.5) is 26.3 Å². The number of aliphatic hydroxyl groups is 2. The molecule has 1 aromatic carbocycles. The van der Waals surface area contributed by atoms with Gasteiger partial charge in [0.1, 0.15) is 6.10 Å². The molecular weight excluding hydrogens is 358 g/mol. The smallest absolute Gasteiger partial charge is 0.389 e. The Balaban J connectivity index is 3.57. The zero-order chi connectivity index (χ0) is 15.7. The molecule has 9 heteroatoms. The lowest BCUT2D eigenvalue weighted by Crippen LogP contribution is -2.26. The van der Waals surface area contributed by atoms with E-state index in [0.717, 1.165) is 0 Å². The molecule has 0 aliphatic carbocycles. The molecule has 0 heterocycles. The highest BCUT2D eigenvalue weighted by Gasteiger charge is 2.43. The van der Waals surface area contributed by atoms with Gasteiger partial charge in [-0.05, 0) is 12.1 Å². The Morgan fingerprint density at radius 1 is 0.950 bits per heavy atom. The molecule has 2 nitrogen and oxygen atoms in total. The van der Waals surface area contributed by atoms with Crippen molar-refractivity contribution in [1.29, 1.82) is 0 Å². The summed E-state index contributed by atoms with van der Waals surface area (Å²) in [5.41, 5.74) is -4.63. The van der Waals surface area contributed by atoms with Crippen molar-refractivity contribution < 1.29 is 36.6 Å². The van der Waals surface area contributed by atoms with E-state index in [1.807, 2.05) is 0 Å². The quantitative estimate of drug-likeness (QED) is 0.634. The van der Waals surface area contributed by atoms with Crippen molar-refractivity contribution in [2.24, 2.45) is 0 Å². The average molecular weight is 367 g/mol. The Bertz CT molecular complexity index is 439. The molecule has 0 aliphatic heterocycles. The van der Waals surface area contributed by atoms with Gasteiger partial charge in [-0.2, -0.15) is 26.3 Å². The molecule has 0 saturated heterocycles. The van der Waals surface area contributed by atoms with Crippen molar-refractivity contribution in [2.75, 3.05) is 5.33 Å². The Morgan fingerprint density at radius 2 is 1.35 bits per heavy atom. The molecule has 0 spiro atoms. The number of alkyl halides is 7. The van der Waals surface area contributed by atoms with E-state index in [1.54, 1.807) is 0 Å². The number of aliphatic hydroxyl groups excluding tert-OH is 2. The summed E-state index contributed by atoms with van der Waals surface area (Å²) in [5, 5.41) is 18.5. The fraction of sp³-hybridized carbons (Fsp3) is 0.455. The molecule has 2 N–H and O–H groups in total. The molecule has 1 rings (SSSR count). The summed E-state index contributed by atoms with van der Waals surface area (Å²) in [6, 6.07) is 1.45. The van der Waals surface area contributed by atoms with Gasteiger partial charge in [-0.3, -0.25) is 0 Å². The van der Waals surface area contributed by atoms with Gasteiger partial charge in [0.25, 0.3) is 0 Å². The van der Waals surface area contributed by atoms with E-state index in [9.17, 15) is 36.6 Å². The molecule has 2 unspecified atom stereocenters. The Labute approximate surface area is 118 Å². The average Bonchev–Trinajstić information content (AvgIpc) is 2.33. The molecular formula is C11H9BrF6O2. The molecule has 2 atom stereocenters. The summed E-state index contributed by atoms with van der Waals surface area (Å²) in [5.74, 6) is 0. The maximum Gasteiger partial charge on any atom is 0.416 e. The fourth-order valence-corrected chi connectivity index (χ4v) is 2.01. The van der Waals surface area contributed by atoms with Crippen LogP contribution in [0.2, 0.25) is 0 Å². The minimum Gasteiger partial charge on any atom is -0.389 e. The summed E-state index contributed by atoms with van der Waals surface area (Å²) >= 11 is 2.69. The molecule has 20 heavy (non-hydrogen) atoms. The van der Waals surface area contributed by atoms with E-state index >= 15 is 0 Å². The summed E-state index contributed by atoms with van der Waals surface area (Å²) < 4.78 is 76.6. The van der Waals surface area contributed by atoms with Crippen LogP contribution < -0.4 is 0 Å². The molecule has 0 bridgehead atoms. The summed E-state index contributed by atoms with van der Waals surface area (Å²) in [7, 11) is 0. The van der Waals surface area contributed by atoms with Gasteiger partial charge < -0.3 is 10.2 Å². The summed E-state index contributed by atoms with van der Waals surface area (Å²) in [4.78, 5) is 0. The molecule has 0 aliphatic rings. The van der Waals surface area contributed by atoms with Crippen LogP contribution in [0, 0.1) is 0 Å². The van der Waals surface area contributed by atoms with Gasteiger partial charge in [-0.1, -0.05) is 22.0 Å². The van der Waals surface area contributed by atoms with Crippen molar-refractivity contribution in [3.05, 3.63) is 34.9 Å². The number of hydrogen-bond donors (Lipinski definition) is 2. The van der Waals surface area contributed by atoms with E-state index in [0.29, 0.717) is 18.2 Å². The van der Waals surface area contributed by atoms with Crippen LogP contribution in [0.1, 0.15) is 22.8 Å². The fourth-order valence-electron chi connectivity index (χ4n) is 1.66. The molecule has 0 saturated carbocycles. The summed E-state index contributed by atoms with van der Waals surface area (Å²) in [6.45, 7) is 0. The predicted octanol–water partition coefficient (Wildman–Crippen LogP) is 3.51. The van der Waals surface area contributed by atoms with E-state index in [1.165, 1.54) is 0 Å². The third-order valence-corrected chi connectivity index (χ3v) is 3.20. The van der Waals surface area contributed by atoms with E-state index in [-0.39, 0.29) is 5.33 Å². The van der Waals surface area contributed by atoms with Crippen molar-refractivity contribution in [3.8, 4) is 0 Å². The second-order valence-corrected chi connectivity index (χ2v) is 4.58. The van der Waals surface area contributed by atoms with Gasteiger partial charge >= 0.3 is 12.4 Å². The van der Waals surface area contributed by atoms with Crippen LogP contribution in [-0.2, 0) is 12.4 Å². The first kappa shape index (κ1) is 17.3. The first-order chi connectivity index (χ1) is 9.00. The van der Waals surface area contributed by atoms with Gasteiger partial charge in [-0.25, -0.2) is 0 Å². The minimum atomic E-state index is -5.08. The SMILES string of the molecule is OC(CBr)C(O)c1c(C(F)(F)F)cccc1C(F)(F)F. The number of rotatable bonds is 3. The van der Waals surface area contributed by atoms with Gasteiger partial charge in [0.2, 0.25) is 0 Å². The standard InChI is InChI=1S/C11H9BrF6O2/c12-4-7(19)9(20)8-5(10(13,14)15)2-1-3-6(8)11(16,17)18/h1-3,7,9,19-20H,4H2. The Morgan fingerprint density at radius 3 is 1.65 bits per heavy atom. The molecule has 0 amide bonds. The van der Waals surface area contributed by atoms with Crippen molar-refractivity contribution in [3.63, 3.8) is 0 Å². The number of halogens is 7. The normalized spacial score (nSPS) is 16.1. The van der Waals surface area contributed by atoms with Gasteiger partial charge in [0, 0.05) is 10.9 Å². The second kappa shape index (κ2) is 5.90. The topological polar surface area (TPSA) is 40.5 Å². The maximum absolute atomic E-state index is 12.8. The summed E-state index contributed by atoms with van der Waals surface area (Å²) in [6.07, 6.45) is -14.3. The first-order valence-corrected chi connectivity index (χ1v) is 6.31. The first-order valence-electron chi connectivity index (χ1n) is 5.19. The number of benzene rings is 1. The molecule has 114 valence electrons. The van der Waals surface area contributed by atoms with Crippen molar-refractivity contribution in [1.82, 2.24) is 0 Å². The second-order valence-electron chi connectivity index (χ2n) is 3.93. The van der Waals surface area contributed by atoms with Crippen LogP contribution in [0.3, 0.4) is 0 Å². The monoisotopic (exact) mass is 366 g/mol. The number of hydrogen-bond acceptors (Lipinski definition) is 2. The Kier molecular flexibility index (Phi) is 5.09. The molecule has 0 fully saturated rings. The van der Waals surface area contributed by atoms with Gasteiger partial charge in [0.15, 0.2) is 0 Å². The van der Waals surface area contributed by atoms with Crippen molar-refractivity contribution in [2.45, 2.75) is 24.6 Å². The van der Waals surface area contributed by atoms with Crippen LogP contribution >= 0.6 is 15.9 Å². The van der Waals surface area contributed by atoms with Gasteiger partial charge in [0.05, 0.1) is 17.2 Å². The van der Waals surface area contributed by atoms with Crippen LogP contribution in [0.5, 0.6) is 0 Å². The zero-order valence-corrected chi connectivity index (χ0v) is 11.2. The lowest BCUT2D eigenvalue weighted by atomic mass is 9.93. The largest absolute Gasteiger partial charge is 0.416 e. The minimum absolute atomic E-state index is 0.377. The maximum atomic E-state index is 12.8. The van der Waals surface area contributed by atoms with Crippen LogP contribution in [0.25, 0.3) is 0 Å². The zero-order valence-electron chi connectivity index (χ0n) is 9.63. The van der Waals surface area contributed by atoms with Crippen LogP contribution in [0.15, 0.2) is 18.2 Å². The highest BCUT2D eigenvalue weighted by atomic mass is 79.9. The molecule has 0 radical (unpaired) electrons. The van der Waals surface area contributed by atoms with Crippen molar-refractivity contribution >= 4 is 15.9 Å². The van der Waals surface area contributed by atoms with Crippen LogP contribution in [-0.4, -0.2) is 21.6 Å².